The number of amides is 1. The van der Waals surface area contributed by atoms with Crippen LogP contribution in [-0.2, 0) is 9.53 Å². The molecule has 2 N–H and O–H groups in total. The van der Waals surface area contributed by atoms with E-state index in [9.17, 15) is 4.79 Å². The van der Waals surface area contributed by atoms with Gasteiger partial charge in [-0.15, -0.1) is 0 Å². The molecule has 0 aliphatic heterocycles. The van der Waals surface area contributed by atoms with Crippen molar-refractivity contribution in [2.75, 3.05) is 20.2 Å². The number of carbonyl (C=O) groups is 1. The van der Waals surface area contributed by atoms with E-state index >= 15 is 0 Å². The molecule has 0 heterocycles. The molecule has 1 saturated carbocycles. The first-order chi connectivity index (χ1) is 8.13. The summed E-state index contributed by atoms with van der Waals surface area (Å²) in [5.74, 6) is 0.583. The lowest BCUT2D eigenvalue weighted by Crippen LogP contribution is -2.47. The van der Waals surface area contributed by atoms with Crippen molar-refractivity contribution in [1.82, 2.24) is 10.6 Å². The highest BCUT2D eigenvalue weighted by Gasteiger charge is 2.24. The summed E-state index contributed by atoms with van der Waals surface area (Å²) < 4.78 is 5.44. The van der Waals surface area contributed by atoms with Crippen LogP contribution in [0.4, 0.5) is 0 Å². The minimum atomic E-state index is 0.0825. The summed E-state index contributed by atoms with van der Waals surface area (Å²) in [6.45, 7) is 5.34. The maximum Gasteiger partial charge on any atom is 0.233 e. The highest BCUT2D eigenvalue weighted by atomic mass is 16.5. The van der Waals surface area contributed by atoms with Crippen LogP contribution in [0, 0.1) is 5.92 Å². The molecule has 0 radical (unpaired) electrons. The fourth-order valence-electron chi connectivity index (χ4n) is 2.22. The van der Waals surface area contributed by atoms with Crippen LogP contribution in [0.2, 0.25) is 0 Å². The maximum absolute atomic E-state index is 11.6. The van der Waals surface area contributed by atoms with Crippen molar-refractivity contribution in [3.63, 3.8) is 0 Å². The molecule has 0 bridgehead atoms. The summed E-state index contributed by atoms with van der Waals surface area (Å²) in [6, 6.07) is 0.332. The van der Waals surface area contributed by atoms with E-state index in [2.05, 4.69) is 24.5 Å². The number of nitrogens with one attached hydrogen (secondary N) is 2. The van der Waals surface area contributed by atoms with Gasteiger partial charge in [0.1, 0.15) is 0 Å². The monoisotopic (exact) mass is 242 g/mol. The summed E-state index contributed by atoms with van der Waals surface area (Å²) in [6.07, 6.45) is 4.93. The van der Waals surface area contributed by atoms with Gasteiger partial charge in [0.25, 0.3) is 0 Å². The third-order valence-corrected chi connectivity index (χ3v) is 3.24. The van der Waals surface area contributed by atoms with Gasteiger partial charge in [-0.3, -0.25) is 4.79 Å². The molecule has 0 aromatic heterocycles. The molecule has 0 spiro atoms. The largest absolute Gasteiger partial charge is 0.380 e. The Kier molecular flexibility index (Phi) is 6.52. The van der Waals surface area contributed by atoms with Crippen LogP contribution < -0.4 is 10.6 Å². The molecule has 0 aromatic carbocycles. The fourth-order valence-corrected chi connectivity index (χ4v) is 2.22. The van der Waals surface area contributed by atoms with E-state index in [1.807, 2.05) is 0 Å². The molecule has 1 aliphatic rings. The van der Waals surface area contributed by atoms with Crippen LogP contribution in [0.1, 0.15) is 39.5 Å². The highest BCUT2D eigenvalue weighted by molar-refractivity contribution is 5.78. The second-order valence-electron chi connectivity index (χ2n) is 5.24. The molecule has 1 rings (SSSR count). The van der Waals surface area contributed by atoms with E-state index in [1.54, 1.807) is 7.11 Å². The Morgan fingerprint density at radius 2 is 2.06 bits per heavy atom. The molecule has 17 heavy (non-hydrogen) atoms. The molecule has 2 unspecified atom stereocenters. The molecule has 0 saturated heterocycles. The van der Waals surface area contributed by atoms with Crippen molar-refractivity contribution in [2.24, 2.45) is 5.92 Å². The predicted molar refractivity (Wildman–Crippen MR) is 68.9 cm³/mol. The van der Waals surface area contributed by atoms with E-state index in [0.717, 1.165) is 19.4 Å². The van der Waals surface area contributed by atoms with Crippen molar-refractivity contribution in [1.29, 1.82) is 0 Å². The van der Waals surface area contributed by atoms with Crippen molar-refractivity contribution >= 4 is 5.91 Å². The van der Waals surface area contributed by atoms with Gasteiger partial charge in [0.05, 0.1) is 12.6 Å². The lowest BCUT2D eigenvalue weighted by Gasteiger charge is -2.31. The highest BCUT2D eigenvalue weighted by Crippen LogP contribution is 2.20. The first-order valence-electron chi connectivity index (χ1n) is 6.66. The SMILES string of the molecule is COC1CCCCC1NCC(=O)NCC(C)C. The molecule has 1 amide bonds. The molecular formula is C13H26N2O2. The van der Waals surface area contributed by atoms with Crippen LogP contribution in [0.5, 0.6) is 0 Å². The first kappa shape index (κ1) is 14.5. The summed E-state index contributed by atoms with van der Waals surface area (Å²) in [5.41, 5.74) is 0. The molecule has 0 aromatic rings. The molecule has 2 atom stereocenters. The minimum absolute atomic E-state index is 0.0825. The predicted octanol–water partition coefficient (Wildman–Crippen LogP) is 1.31. The van der Waals surface area contributed by atoms with Gasteiger partial charge in [-0.2, -0.15) is 0 Å². The molecule has 4 heteroatoms. The van der Waals surface area contributed by atoms with Crippen LogP contribution in [0.15, 0.2) is 0 Å². The van der Waals surface area contributed by atoms with E-state index < -0.39 is 0 Å². The Hall–Kier alpha value is -0.610. The summed E-state index contributed by atoms with van der Waals surface area (Å²) in [4.78, 5) is 11.6. The van der Waals surface area contributed by atoms with E-state index in [0.29, 0.717) is 18.5 Å². The smallest absolute Gasteiger partial charge is 0.233 e. The zero-order valence-corrected chi connectivity index (χ0v) is 11.3. The lowest BCUT2D eigenvalue weighted by molar-refractivity contribution is -0.120. The number of ether oxygens (including phenoxy) is 1. The van der Waals surface area contributed by atoms with E-state index in [1.165, 1.54) is 12.8 Å². The number of hydrogen-bond acceptors (Lipinski definition) is 3. The maximum atomic E-state index is 11.6. The topological polar surface area (TPSA) is 50.4 Å². The van der Waals surface area contributed by atoms with Crippen LogP contribution in [0.25, 0.3) is 0 Å². The van der Waals surface area contributed by atoms with Gasteiger partial charge in [0.15, 0.2) is 0 Å². The van der Waals surface area contributed by atoms with Gasteiger partial charge in [-0.1, -0.05) is 26.7 Å². The van der Waals surface area contributed by atoms with Gasteiger partial charge in [0, 0.05) is 19.7 Å². The Morgan fingerprint density at radius 1 is 1.35 bits per heavy atom. The van der Waals surface area contributed by atoms with Crippen molar-refractivity contribution in [3.8, 4) is 0 Å². The van der Waals surface area contributed by atoms with Gasteiger partial charge in [-0.05, 0) is 18.8 Å². The number of methoxy groups -OCH3 is 1. The minimum Gasteiger partial charge on any atom is -0.380 e. The van der Waals surface area contributed by atoms with Crippen molar-refractivity contribution in [2.45, 2.75) is 51.7 Å². The van der Waals surface area contributed by atoms with Crippen LogP contribution >= 0.6 is 0 Å². The Labute approximate surface area is 104 Å². The van der Waals surface area contributed by atoms with Gasteiger partial charge < -0.3 is 15.4 Å². The molecule has 4 nitrogen and oxygen atoms in total. The Bertz CT molecular complexity index is 231. The fraction of sp³-hybridized carbons (Fsp3) is 0.923. The third kappa shape index (κ3) is 5.50. The second-order valence-corrected chi connectivity index (χ2v) is 5.24. The van der Waals surface area contributed by atoms with Crippen LogP contribution in [-0.4, -0.2) is 38.3 Å². The Morgan fingerprint density at radius 3 is 2.71 bits per heavy atom. The second kappa shape index (κ2) is 7.67. The quantitative estimate of drug-likeness (QED) is 0.738. The molecule has 1 aliphatic carbocycles. The number of carbonyl (C=O) groups excluding carboxylic acids is 1. The summed E-state index contributed by atoms with van der Waals surface area (Å²) in [7, 11) is 1.75. The molecule has 100 valence electrons. The average molecular weight is 242 g/mol. The van der Waals surface area contributed by atoms with Gasteiger partial charge in [0.2, 0.25) is 5.91 Å². The van der Waals surface area contributed by atoms with Gasteiger partial charge >= 0.3 is 0 Å². The lowest BCUT2D eigenvalue weighted by atomic mass is 9.92. The zero-order chi connectivity index (χ0) is 12.7. The normalized spacial score (nSPS) is 24.9. The summed E-state index contributed by atoms with van der Waals surface area (Å²) >= 11 is 0. The van der Waals surface area contributed by atoms with E-state index in [-0.39, 0.29) is 12.0 Å². The number of hydrogen-bond donors (Lipinski definition) is 2. The van der Waals surface area contributed by atoms with Gasteiger partial charge in [-0.25, -0.2) is 0 Å². The van der Waals surface area contributed by atoms with E-state index in [4.69, 9.17) is 4.74 Å². The number of rotatable bonds is 6. The standard InChI is InChI=1S/C13H26N2O2/c1-10(2)8-15-13(16)9-14-11-6-4-5-7-12(11)17-3/h10-12,14H,4-9H2,1-3H3,(H,15,16). The average Bonchev–Trinajstić information content (AvgIpc) is 2.34. The third-order valence-electron chi connectivity index (χ3n) is 3.24. The Balaban J connectivity index is 2.21. The molecule has 1 fully saturated rings. The first-order valence-corrected chi connectivity index (χ1v) is 6.66. The molecular weight excluding hydrogens is 216 g/mol. The summed E-state index contributed by atoms with van der Waals surface area (Å²) in [5, 5.41) is 6.22. The van der Waals surface area contributed by atoms with Crippen molar-refractivity contribution < 1.29 is 9.53 Å². The van der Waals surface area contributed by atoms with Crippen molar-refractivity contribution in [3.05, 3.63) is 0 Å². The zero-order valence-electron chi connectivity index (χ0n) is 11.3. The van der Waals surface area contributed by atoms with Crippen LogP contribution in [0.3, 0.4) is 0 Å².